The minimum absolute atomic E-state index is 0.103. The van der Waals surface area contributed by atoms with Crippen LogP contribution < -0.4 is 14.2 Å². The lowest BCUT2D eigenvalue weighted by Gasteiger charge is -2.18. The molecule has 1 N–H and O–H groups in total. The average Bonchev–Trinajstić information content (AvgIpc) is 2.70. The molecule has 0 atom stereocenters. The number of rotatable bonds is 10. The quantitative estimate of drug-likeness (QED) is 0.627. The monoisotopic (exact) mass is 428 g/mol. The van der Waals surface area contributed by atoms with Gasteiger partial charge in [0, 0.05) is 20.0 Å². The Balaban J connectivity index is 1.78. The Kier molecular flexibility index (Phi) is 7.91. The standard InChI is InChI=1S/C19H22F2N2O5S/c1-23(11-12-28-18-6-4-3-5-17(18)27-2)19(24)9-10-22-29(25,26)14-7-8-15(20)16(21)13-14/h3-8,13,22H,9-12H2,1-2H3. The van der Waals surface area contributed by atoms with Crippen molar-refractivity contribution in [3.05, 3.63) is 54.1 Å². The van der Waals surface area contributed by atoms with Crippen LogP contribution in [0.5, 0.6) is 11.5 Å². The molecule has 158 valence electrons. The summed E-state index contributed by atoms with van der Waals surface area (Å²) in [5.41, 5.74) is 0. The van der Waals surface area contributed by atoms with Gasteiger partial charge in [-0.3, -0.25) is 4.79 Å². The summed E-state index contributed by atoms with van der Waals surface area (Å²) in [6.45, 7) is 0.327. The highest BCUT2D eigenvalue weighted by molar-refractivity contribution is 7.89. The second-order valence-electron chi connectivity index (χ2n) is 6.04. The number of para-hydroxylation sites is 2. The maximum atomic E-state index is 13.2. The van der Waals surface area contributed by atoms with Gasteiger partial charge in [0.1, 0.15) is 6.61 Å². The van der Waals surface area contributed by atoms with Crippen LogP contribution in [0.4, 0.5) is 8.78 Å². The Bertz CT molecular complexity index is 953. The molecule has 0 aliphatic rings. The third-order valence-electron chi connectivity index (χ3n) is 4.01. The van der Waals surface area contributed by atoms with Crippen LogP contribution in [-0.4, -0.2) is 53.1 Å². The summed E-state index contributed by atoms with van der Waals surface area (Å²) in [6.07, 6.45) is -0.103. The van der Waals surface area contributed by atoms with Crippen LogP contribution in [0, 0.1) is 11.6 Å². The van der Waals surface area contributed by atoms with E-state index in [0.717, 1.165) is 12.1 Å². The largest absolute Gasteiger partial charge is 0.493 e. The van der Waals surface area contributed by atoms with E-state index >= 15 is 0 Å². The van der Waals surface area contributed by atoms with Crippen molar-refractivity contribution < 1.29 is 31.5 Å². The number of methoxy groups -OCH3 is 1. The van der Waals surface area contributed by atoms with E-state index < -0.39 is 26.6 Å². The number of hydrogen-bond donors (Lipinski definition) is 1. The number of carbonyl (C=O) groups excluding carboxylic acids is 1. The molecule has 0 bridgehead atoms. The molecule has 0 aliphatic heterocycles. The minimum Gasteiger partial charge on any atom is -0.493 e. The summed E-state index contributed by atoms with van der Waals surface area (Å²) in [4.78, 5) is 13.1. The topological polar surface area (TPSA) is 84.9 Å². The van der Waals surface area contributed by atoms with Gasteiger partial charge >= 0.3 is 0 Å². The van der Waals surface area contributed by atoms with Gasteiger partial charge in [-0.2, -0.15) is 0 Å². The van der Waals surface area contributed by atoms with Crippen LogP contribution >= 0.6 is 0 Å². The van der Waals surface area contributed by atoms with Gasteiger partial charge in [-0.1, -0.05) is 12.1 Å². The molecule has 0 unspecified atom stereocenters. The second kappa shape index (κ2) is 10.2. The van der Waals surface area contributed by atoms with E-state index in [2.05, 4.69) is 4.72 Å². The number of likely N-dealkylation sites (N-methyl/N-ethyl adjacent to an activating group) is 1. The zero-order valence-electron chi connectivity index (χ0n) is 16.0. The van der Waals surface area contributed by atoms with E-state index in [-0.39, 0.29) is 32.0 Å². The van der Waals surface area contributed by atoms with E-state index in [9.17, 15) is 22.0 Å². The normalized spacial score (nSPS) is 11.2. The van der Waals surface area contributed by atoms with E-state index in [1.165, 1.54) is 12.0 Å². The SMILES string of the molecule is COc1ccccc1OCCN(C)C(=O)CCNS(=O)(=O)c1ccc(F)c(F)c1. The molecule has 2 rings (SSSR count). The van der Waals surface area contributed by atoms with Crippen molar-refractivity contribution in [3.8, 4) is 11.5 Å². The maximum absolute atomic E-state index is 13.2. The molecule has 0 heterocycles. The first kappa shape index (κ1) is 22.6. The second-order valence-corrected chi connectivity index (χ2v) is 7.81. The van der Waals surface area contributed by atoms with Crippen LogP contribution in [0.2, 0.25) is 0 Å². The predicted octanol–water partition coefficient (Wildman–Crippen LogP) is 2.18. The zero-order valence-corrected chi connectivity index (χ0v) is 16.8. The molecule has 0 saturated carbocycles. The molecule has 7 nitrogen and oxygen atoms in total. The summed E-state index contributed by atoms with van der Waals surface area (Å²) in [5.74, 6) is -1.58. The molecule has 10 heteroatoms. The zero-order chi connectivity index (χ0) is 21.4. The van der Waals surface area contributed by atoms with Crippen molar-refractivity contribution in [3.63, 3.8) is 0 Å². The minimum atomic E-state index is -4.05. The van der Waals surface area contributed by atoms with E-state index in [0.29, 0.717) is 17.6 Å². The van der Waals surface area contributed by atoms with Gasteiger partial charge in [0.2, 0.25) is 15.9 Å². The molecule has 0 saturated heterocycles. The molecule has 0 radical (unpaired) electrons. The number of ether oxygens (including phenoxy) is 2. The molecule has 0 aliphatic carbocycles. The molecule has 0 fully saturated rings. The van der Waals surface area contributed by atoms with Crippen LogP contribution in [0.3, 0.4) is 0 Å². The van der Waals surface area contributed by atoms with E-state index in [1.54, 1.807) is 25.2 Å². The lowest BCUT2D eigenvalue weighted by Crippen LogP contribution is -2.34. The van der Waals surface area contributed by atoms with Crippen LogP contribution in [0.1, 0.15) is 6.42 Å². The average molecular weight is 428 g/mol. The Morgan fingerprint density at radius 2 is 1.79 bits per heavy atom. The first-order valence-electron chi connectivity index (χ1n) is 8.69. The van der Waals surface area contributed by atoms with E-state index in [4.69, 9.17) is 9.47 Å². The van der Waals surface area contributed by atoms with Gasteiger partial charge in [0.25, 0.3) is 0 Å². The molecule has 2 aromatic rings. The molecule has 0 spiro atoms. The van der Waals surface area contributed by atoms with Crippen molar-refractivity contribution in [2.75, 3.05) is 33.9 Å². The lowest BCUT2D eigenvalue weighted by molar-refractivity contribution is -0.130. The summed E-state index contributed by atoms with van der Waals surface area (Å²) in [7, 11) is -0.953. The highest BCUT2D eigenvalue weighted by Gasteiger charge is 2.17. The van der Waals surface area contributed by atoms with Crippen molar-refractivity contribution in [2.45, 2.75) is 11.3 Å². The molecule has 1 amide bonds. The fourth-order valence-electron chi connectivity index (χ4n) is 2.37. The van der Waals surface area contributed by atoms with Gasteiger partial charge in [-0.05, 0) is 30.3 Å². The number of hydrogen-bond acceptors (Lipinski definition) is 5. The van der Waals surface area contributed by atoms with E-state index in [1.807, 2.05) is 6.07 Å². The number of nitrogens with zero attached hydrogens (tertiary/aromatic N) is 1. The van der Waals surface area contributed by atoms with Gasteiger partial charge in [-0.25, -0.2) is 21.9 Å². The number of amides is 1. The van der Waals surface area contributed by atoms with Crippen molar-refractivity contribution in [1.82, 2.24) is 9.62 Å². The maximum Gasteiger partial charge on any atom is 0.240 e. The molecular weight excluding hydrogens is 406 g/mol. The van der Waals surface area contributed by atoms with Crippen LogP contribution in [0.15, 0.2) is 47.4 Å². The number of halogens is 2. The fraction of sp³-hybridized carbons (Fsp3) is 0.316. The van der Waals surface area contributed by atoms with Gasteiger partial charge in [0.15, 0.2) is 23.1 Å². The van der Waals surface area contributed by atoms with Gasteiger partial charge < -0.3 is 14.4 Å². The van der Waals surface area contributed by atoms with Crippen molar-refractivity contribution in [1.29, 1.82) is 0 Å². The van der Waals surface area contributed by atoms with Gasteiger partial charge in [0.05, 0.1) is 18.6 Å². The number of benzene rings is 2. The lowest BCUT2D eigenvalue weighted by atomic mass is 10.3. The molecular formula is C19H22F2N2O5S. The Morgan fingerprint density at radius 1 is 1.10 bits per heavy atom. The Hall–Kier alpha value is -2.72. The number of nitrogens with one attached hydrogen (secondary N) is 1. The van der Waals surface area contributed by atoms with Crippen molar-refractivity contribution >= 4 is 15.9 Å². The summed E-state index contributed by atoms with van der Waals surface area (Å²) >= 11 is 0. The first-order valence-corrected chi connectivity index (χ1v) is 10.2. The number of sulfonamides is 1. The summed E-state index contributed by atoms with van der Waals surface area (Å²) in [6, 6.07) is 9.36. The van der Waals surface area contributed by atoms with Crippen LogP contribution in [0.25, 0.3) is 0 Å². The highest BCUT2D eigenvalue weighted by Crippen LogP contribution is 2.25. The predicted molar refractivity (Wildman–Crippen MR) is 102 cm³/mol. The Morgan fingerprint density at radius 3 is 2.45 bits per heavy atom. The van der Waals surface area contributed by atoms with Gasteiger partial charge in [-0.15, -0.1) is 0 Å². The molecule has 29 heavy (non-hydrogen) atoms. The smallest absolute Gasteiger partial charge is 0.240 e. The molecule has 0 aromatic heterocycles. The van der Waals surface area contributed by atoms with Crippen LogP contribution in [-0.2, 0) is 14.8 Å². The molecule has 2 aromatic carbocycles. The third-order valence-corrected chi connectivity index (χ3v) is 5.47. The number of carbonyl (C=O) groups is 1. The highest BCUT2D eigenvalue weighted by atomic mass is 32.2. The van der Waals surface area contributed by atoms with Crippen molar-refractivity contribution in [2.24, 2.45) is 0 Å². The fourth-order valence-corrected chi connectivity index (χ4v) is 3.41. The summed E-state index contributed by atoms with van der Waals surface area (Å²) in [5, 5.41) is 0. The third kappa shape index (κ3) is 6.40. The summed E-state index contributed by atoms with van der Waals surface area (Å²) < 4.78 is 63.2. The Labute approximate surface area is 168 Å². The first-order chi connectivity index (χ1) is 13.7.